The first kappa shape index (κ1) is 11.4. The highest BCUT2D eigenvalue weighted by atomic mass is 16.5. The molecule has 4 nitrogen and oxygen atoms in total. The van der Waals surface area contributed by atoms with Gasteiger partial charge in [0, 0.05) is 25.4 Å². The number of nitrogens with one attached hydrogen (secondary N) is 2. The Morgan fingerprint density at radius 3 is 3.22 bits per heavy atom. The summed E-state index contributed by atoms with van der Waals surface area (Å²) in [5, 5.41) is 3.53. The van der Waals surface area contributed by atoms with Gasteiger partial charge in [0.15, 0.2) is 0 Å². The van der Waals surface area contributed by atoms with Crippen molar-refractivity contribution in [3.63, 3.8) is 0 Å². The highest BCUT2D eigenvalue weighted by Gasteiger charge is 2.19. The molecule has 0 radical (unpaired) electrons. The first-order valence-corrected chi connectivity index (χ1v) is 6.30. The van der Waals surface area contributed by atoms with E-state index in [-0.39, 0.29) is 0 Å². The van der Waals surface area contributed by atoms with Crippen molar-refractivity contribution in [2.24, 2.45) is 0 Å². The monoisotopic (exact) mass is 243 g/mol. The summed E-state index contributed by atoms with van der Waals surface area (Å²) in [6.45, 7) is 2.37. The van der Waals surface area contributed by atoms with Gasteiger partial charge in [-0.15, -0.1) is 0 Å². The van der Waals surface area contributed by atoms with Crippen molar-refractivity contribution in [2.75, 3.05) is 13.2 Å². The molecule has 2 aromatic rings. The molecule has 0 spiro atoms. The molecule has 1 unspecified atom stereocenters. The molecule has 2 heterocycles. The Kier molecular flexibility index (Phi) is 3.39. The average Bonchev–Trinajstić information content (AvgIpc) is 2.92. The molecule has 1 aliphatic heterocycles. The number of aromatic amines is 1. The van der Waals surface area contributed by atoms with Crippen LogP contribution in [0.25, 0.3) is 0 Å². The number of H-pyrrole nitrogens is 1. The van der Waals surface area contributed by atoms with Crippen LogP contribution in [-0.4, -0.2) is 23.1 Å². The molecule has 1 aliphatic rings. The largest absolute Gasteiger partial charge is 0.375 e. The third-order valence-electron chi connectivity index (χ3n) is 3.28. The van der Waals surface area contributed by atoms with Crippen molar-refractivity contribution in [1.29, 1.82) is 0 Å². The summed E-state index contributed by atoms with van der Waals surface area (Å²) in [6, 6.07) is 8.77. The number of imidazole rings is 1. The van der Waals surface area contributed by atoms with Crippen LogP contribution in [0.5, 0.6) is 0 Å². The molecule has 0 aliphatic carbocycles. The lowest BCUT2D eigenvalue weighted by atomic mass is 9.99. The molecule has 18 heavy (non-hydrogen) atoms. The van der Waals surface area contributed by atoms with Gasteiger partial charge in [0.25, 0.3) is 0 Å². The predicted octanol–water partition coefficient (Wildman–Crippen LogP) is 1.81. The van der Waals surface area contributed by atoms with E-state index in [4.69, 9.17) is 4.74 Å². The maximum absolute atomic E-state index is 5.61. The van der Waals surface area contributed by atoms with Crippen LogP contribution in [0, 0.1) is 0 Å². The minimum Gasteiger partial charge on any atom is -0.375 e. The van der Waals surface area contributed by atoms with Gasteiger partial charge in [-0.25, -0.2) is 4.98 Å². The van der Waals surface area contributed by atoms with Crippen LogP contribution in [0.2, 0.25) is 0 Å². The van der Waals surface area contributed by atoms with Gasteiger partial charge in [0.2, 0.25) is 0 Å². The Balaban J connectivity index is 1.60. The Morgan fingerprint density at radius 1 is 1.39 bits per heavy atom. The molecule has 1 atom stereocenters. The van der Waals surface area contributed by atoms with E-state index in [0.717, 1.165) is 32.0 Å². The number of hydrogen-bond acceptors (Lipinski definition) is 3. The third kappa shape index (κ3) is 2.44. The minimum absolute atomic E-state index is 0.296. The Hall–Kier alpha value is -1.65. The van der Waals surface area contributed by atoms with Crippen molar-refractivity contribution in [1.82, 2.24) is 15.3 Å². The summed E-state index contributed by atoms with van der Waals surface area (Å²) in [5.74, 6) is 1.02. The highest BCUT2D eigenvalue weighted by molar-refractivity contribution is 5.31. The standard InChI is InChI=1S/C14H17N3O/c1-2-4-12-11(3-1)9-18-10-13(12)15-6-5-14-16-7-8-17-14/h1-4,7-8,13,15H,5-6,9-10H2,(H,16,17). The number of aromatic nitrogens is 2. The van der Waals surface area contributed by atoms with E-state index in [9.17, 15) is 0 Å². The number of hydrogen-bond donors (Lipinski definition) is 2. The fourth-order valence-corrected chi connectivity index (χ4v) is 2.35. The van der Waals surface area contributed by atoms with Gasteiger partial charge >= 0.3 is 0 Å². The number of nitrogens with zero attached hydrogens (tertiary/aromatic N) is 1. The molecular formula is C14H17N3O. The molecule has 4 heteroatoms. The molecule has 0 saturated carbocycles. The Bertz CT molecular complexity index is 496. The van der Waals surface area contributed by atoms with Crippen LogP contribution < -0.4 is 5.32 Å². The van der Waals surface area contributed by atoms with Crippen LogP contribution in [0.4, 0.5) is 0 Å². The van der Waals surface area contributed by atoms with Crippen LogP contribution in [0.15, 0.2) is 36.7 Å². The van der Waals surface area contributed by atoms with Gasteiger partial charge in [0.1, 0.15) is 5.82 Å². The normalized spacial score (nSPS) is 18.6. The number of fused-ring (bicyclic) bond motifs is 1. The second-order valence-corrected chi connectivity index (χ2v) is 4.51. The van der Waals surface area contributed by atoms with E-state index >= 15 is 0 Å². The number of ether oxygens (including phenoxy) is 1. The second-order valence-electron chi connectivity index (χ2n) is 4.51. The first-order chi connectivity index (χ1) is 8.93. The van der Waals surface area contributed by atoms with Crippen molar-refractivity contribution < 1.29 is 4.74 Å². The fraction of sp³-hybridized carbons (Fsp3) is 0.357. The summed E-state index contributed by atoms with van der Waals surface area (Å²) in [4.78, 5) is 7.33. The lowest BCUT2D eigenvalue weighted by Crippen LogP contribution is -2.31. The summed E-state index contributed by atoms with van der Waals surface area (Å²) >= 11 is 0. The van der Waals surface area contributed by atoms with Crippen LogP contribution >= 0.6 is 0 Å². The van der Waals surface area contributed by atoms with E-state index in [0.29, 0.717) is 6.04 Å². The van der Waals surface area contributed by atoms with E-state index in [1.807, 2.05) is 6.20 Å². The fourth-order valence-electron chi connectivity index (χ4n) is 2.35. The van der Waals surface area contributed by atoms with Crippen molar-refractivity contribution in [3.05, 3.63) is 53.6 Å². The minimum atomic E-state index is 0.296. The molecule has 0 bridgehead atoms. The molecule has 1 aromatic heterocycles. The van der Waals surface area contributed by atoms with Gasteiger partial charge in [-0.05, 0) is 11.1 Å². The van der Waals surface area contributed by atoms with Crippen LogP contribution in [0.3, 0.4) is 0 Å². The van der Waals surface area contributed by atoms with E-state index in [1.165, 1.54) is 11.1 Å². The summed E-state index contributed by atoms with van der Waals surface area (Å²) in [7, 11) is 0. The topological polar surface area (TPSA) is 49.9 Å². The summed E-state index contributed by atoms with van der Waals surface area (Å²) < 4.78 is 5.61. The van der Waals surface area contributed by atoms with Gasteiger partial charge in [-0.3, -0.25) is 0 Å². The van der Waals surface area contributed by atoms with Crippen molar-refractivity contribution in [3.8, 4) is 0 Å². The van der Waals surface area contributed by atoms with Gasteiger partial charge in [0.05, 0.1) is 19.3 Å². The molecule has 3 rings (SSSR count). The van der Waals surface area contributed by atoms with Gasteiger partial charge in [-0.2, -0.15) is 0 Å². The second kappa shape index (κ2) is 5.33. The van der Waals surface area contributed by atoms with Gasteiger partial charge in [-0.1, -0.05) is 24.3 Å². The third-order valence-corrected chi connectivity index (χ3v) is 3.28. The van der Waals surface area contributed by atoms with Crippen molar-refractivity contribution in [2.45, 2.75) is 19.1 Å². The number of benzene rings is 1. The zero-order valence-corrected chi connectivity index (χ0v) is 10.2. The smallest absolute Gasteiger partial charge is 0.107 e. The molecule has 0 saturated heterocycles. The van der Waals surface area contributed by atoms with E-state index < -0.39 is 0 Å². The van der Waals surface area contributed by atoms with Crippen molar-refractivity contribution >= 4 is 0 Å². The van der Waals surface area contributed by atoms with E-state index in [2.05, 4.69) is 39.6 Å². The van der Waals surface area contributed by atoms with Crippen LogP contribution in [0.1, 0.15) is 23.0 Å². The summed E-state index contributed by atoms with van der Waals surface area (Å²) in [5.41, 5.74) is 2.66. The first-order valence-electron chi connectivity index (χ1n) is 6.30. The van der Waals surface area contributed by atoms with E-state index in [1.54, 1.807) is 6.20 Å². The molecule has 0 fully saturated rings. The Labute approximate surface area is 106 Å². The SMILES string of the molecule is c1ccc2c(c1)COCC2NCCc1ncc[nH]1. The van der Waals surface area contributed by atoms with Crippen LogP contribution in [-0.2, 0) is 17.8 Å². The molecule has 0 amide bonds. The molecular weight excluding hydrogens is 226 g/mol. The zero-order chi connectivity index (χ0) is 12.2. The lowest BCUT2D eigenvalue weighted by molar-refractivity contribution is 0.0823. The lowest BCUT2D eigenvalue weighted by Gasteiger charge is -2.26. The quantitative estimate of drug-likeness (QED) is 0.861. The summed E-state index contributed by atoms with van der Waals surface area (Å²) in [6.07, 6.45) is 4.55. The molecule has 2 N–H and O–H groups in total. The highest BCUT2D eigenvalue weighted by Crippen LogP contribution is 2.24. The van der Waals surface area contributed by atoms with Gasteiger partial charge < -0.3 is 15.0 Å². The zero-order valence-electron chi connectivity index (χ0n) is 10.2. The Morgan fingerprint density at radius 2 is 2.33 bits per heavy atom. The molecule has 94 valence electrons. The maximum Gasteiger partial charge on any atom is 0.107 e. The number of rotatable bonds is 4. The molecule has 1 aromatic carbocycles. The maximum atomic E-state index is 5.61. The predicted molar refractivity (Wildman–Crippen MR) is 69.1 cm³/mol. The average molecular weight is 243 g/mol.